The van der Waals surface area contributed by atoms with Crippen LogP contribution in [0, 0.1) is 0 Å². The summed E-state index contributed by atoms with van der Waals surface area (Å²) in [6, 6.07) is 2.15. The van der Waals surface area contributed by atoms with Gasteiger partial charge in [0.1, 0.15) is 0 Å². The van der Waals surface area contributed by atoms with Gasteiger partial charge in [-0.15, -0.1) is 0 Å². The van der Waals surface area contributed by atoms with Gasteiger partial charge in [-0.2, -0.15) is 5.10 Å². The molecule has 0 atom stereocenters. The SMILES string of the molecule is CCc1cc(CC2=CC(=O)CCCC2)n(C)n1. The molecule has 0 bridgehead atoms. The molecule has 0 spiro atoms. The zero-order chi connectivity index (χ0) is 12.3. The number of nitrogens with zero attached hydrogens (tertiary/aromatic N) is 2. The molecule has 17 heavy (non-hydrogen) atoms. The second-order valence-corrected chi connectivity index (χ2v) is 4.76. The van der Waals surface area contributed by atoms with Crippen LogP contribution in [0.1, 0.15) is 44.0 Å². The first kappa shape index (κ1) is 12.1. The second kappa shape index (κ2) is 5.30. The van der Waals surface area contributed by atoms with E-state index in [4.69, 9.17) is 0 Å². The van der Waals surface area contributed by atoms with Gasteiger partial charge in [-0.3, -0.25) is 9.48 Å². The Balaban J connectivity index is 2.13. The lowest BCUT2D eigenvalue weighted by atomic mass is 10.0. The summed E-state index contributed by atoms with van der Waals surface area (Å²) in [5.41, 5.74) is 3.60. The summed E-state index contributed by atoms with van der Waals surface area (Å²) in [5.74, 6) is 0.287. The molecule has 3 heteroatoms. The Hall–Kier alpha value is -1.38. The van der Waals surface area contributed by atoms with Crippen molar-refractivity contribution in [3.8, 4) is 0 Å². The van der Waals surface area contributed by atoms with Gasteiger partial charge >= 0.3 is 0 Å². The van der Waals surface area contributed by atoms with Crippen molar-refractivity contribution >= 4 is 5.78 Å². The van der Waals surface area contributed by atoms with E-state index in [9.17, 15) is 4.79 Å². The molecular formula is C14H20N2O. The number of hydrogen-bond acceptors (Lipinski definition) is 2. The van der Waals surface area contributed by atoms with Gasteiger partial charge in [-0.1, -0.05) is 12.5 Å². The first-order valence-electron chi connectivity index (χ1n) is 6.43. The Bertz CT molecular complexity index is 443. The number of hydrogen-bond donors (Lipinski definition) is 0. The molecule has 1 aromatic rings. The molecule has 92 valence electrons. The van der Waals surface area contributed by atoms with Gasteiger partial charge in [-0.25, -0.2) is 0 Å². The Labute approximate surface area is 103 Å². The van der Waals surface area contributed by atoms with Crippen LogP contribution in [0.3, 0.4) is 0 Å². The topological polar surface area (TPSA) is 34.9 Å². The van der Waals surface area contributed by atoms with Crippen LogP contribution in [0.15, 0.2) is 17.7 Å². The molecule has 2 rings (SSSR count). The Morgan fingerprint density at radius 3 is 2.82 bits per heavy atom. The molecule has 0 aliphatic heterocycles. The van der Waals surface area contributed by atoms with Crippen LogP contribution in [0.25, 0.3) is 0 Å². The second-order valence-electron chi connectivity index (χ2n) is 4.76. The number of carbonyl (C=O) groups excluding carboxylic acids is 1. The first-order valence-corrected chi connectivity index (χ1v) is 6.43. The Morgan fingerprint density at radius 2 is 2.12 bits per heavy atom. The zero-order valence-electron chi connectivity index (χ0n) is 10.7. The van der Waals surface area contributed by atoms with E-state index in [1.165, 1.54) is 11.3 Å². The molecule has 0 unspecified atom stereocenters. The van der Waals surface area contributed by atoms with E-state index in [0.29, 0.717) is 0 Å². The van der Waals surface area contributed by atoms with Crippen molar-refractivity contribution < 1.29 is 4.79 Å². The third kappa shape index (κ3) is 3.05. The Kier molecular flexibility index (Phi) is 3.77. The molecule has 0 N–H and O–H groups in total. The van der Waals surface area contributed by atoms with Crippen molar-refractivity contribution in [2.45, 2.75) is 45.4 Å². The molecule has 0 saturated carbocycles. The van der Waals surface area contributed by atoms with E-state index in [-0.39, 0.29) is 5.78 Å². The predicted octanol–water partition coefficient (Wildman–Crippen LogP) is 2.59. The molecule has 0 radical (unpaired) electrons. The monoisotopic (exact) mass is 232 g/mol. The van der Waals surface area contributed by atoms with E-state index < -0.39 is 0 Å². The fraction of sp³-hybridized carbons (Fsp3) is 0.571. The van der Waals surface area contributed by atoms with Gasteiger partial charge in [0.25, 0.3) is 0 Å². The molecule has 0 fully saturated rings. The number of ketones is 1. The van der Waals surface area contributed by atoms with Crippen LogP contribution < -0.4 is 0 Å². The summed E-state index contributed by atoms with van der Waals surface area (Å²) in [6.07, 6.45) is 7.63. The molecule has 1 aliphatic rings. The lowest BCUT2D eigenvalue weighted by Crippen LogP contribution is -2.01. The lowest BCUT2D eigenvalue weighted by molar-refractivity contribution is -0.114. The smallest absolute Gasteiger partial charge is 0.155 e. The van der Waals surface area contributed by atoms with Gasteiger partial charge in [-0.05, 0) is 37.8 Å². The molecule has 0 saturated heterocycles. The van der Waals surface area contributed by atoms with Crippen LogP contribution >= 0.6 is 0 Å². The zero-order valence-corrected chi connectivity index (χ0v) is 10.7. The fourth-order valence-electron chi connectivity index (χ4n) is 2.31. The summed E-state index contributed by atoms with van der Waals surface area (Å²) in [5, 5.41) is 4.44. The van der Waals surface area contributed by atoms with Crippen LogP contribution in [0.5, 0.6) is 0 Å². The highest BCUT2D eigenvalue weighted by atomic mass is 16.1. The highest BCUT2D eigenvalue weighted by Gasteiger charge is 2.11. The molecule has 0 aromatic carbocycles. The number of aromatic nitrogens is 2. The third-order valence-electron chi connectivity index (χ3n) is 3.33. The summed E-state index contributed by atoms with van der Waals surface area (Å²) >= 11 is 0. The number of allylic oxidation sites excluding steroid dienone is 2. The van der Waals surface area contributed by atoms with Crippen LogP contribution in [-0.2, 0) is 24.7 Å². The maximum Gasteiger partial charge on any atom is 0.155 e. The number of rotatable bonds is 3. The largest absolute Gasteiger partial charge is 0.295 e. The van der Waals surface area contributed by atoms with Crippen molar-refractivity contribution in [2.75, 3.05) is 0 Å². The Morgan fingerprint density at radius 1 is 1.35 bits per heavy atom. The van der Waals surface area contributed by atoms with E-state index >= 15 is 0 Å². The van der Waals surface area contributed by atoms with Crippen LogP contribution in [-0.4, -0.2) is 15.6 Å². The molecule has 1 aliphatic carbocycles. The lowest BCUT2D eigenvalue weighted by Gasteiger charge is -2.04. The standard InChI is InChI=1S/C14H20N2O/c1-3-12-10-13(16(2)15-12)8-11-6-4-5-7-14(17)9-11/h9-10H,3-8H2,1-2H3. The van der Waals surface area contributed by atoms with Gasteiger partial charge in [0.05, 0.1) is 5.69 Å². The van der Waals surface area contributed by atoms with Crippen LogP contribution in [0.2, 0.25) is 0 Å². The number of aryl methyl sites for hydroxylation is 2. The van der Waals surface area contributed by atoms with Gasteiger partial charge in [0.15, 0.2) is 5.78 Å². The van der Waals surface area contributed by atoms with Crippen molar-refractivity contribution in [1.29, 1.82) is 0 Å². The van der Waals surface area contributed by atoms with E-state index in [1.54, 1.807) is 0 Å². The average molecular weight is 232 g/mol. The van der Waals surface area contributed by atoms with E-state index in [0.717, 1.165) is 44.2 Å². The number of carbonyl (C=O) groups is 1. The summed E-state index contributed by atoms with van der Waals surface area (Å²) in [7, 11) is 1.98. The fourth-order valence-corrected chi connectivity index (χ4v) is 2.31. The minimum Gasteiger partial charge on any atom is -0.295 e. The quantitative estimate of drug-likeness (QED) is 0.803. The van der Waals surface area contributed by atoms with Crippen molar-refractivity contribution in [2.24, 2.45) is 7.05 Å². The van der Waals surface area contributed by atoms with E-state index in [1.807, 2.05) is 17.8 Å². The molecule has 3 nitrogen and oxygen atoms in total. The summed E-state index contributed by atoms with van der Waals surface area (Å²) < 4.78 is 1.94. The molecule has 1 aromatic heterocycles. The highest BCUT2D eigenvalue weighted by molar-refractivity contribution is 5.90. The summed E-state index contributed by atoms with van der Waals surface area (Å²) in [6.45, 7) is 2.11. The highest BCUT2D eigenvalue weighted by Crippen LogP contribution is 2.19. The molecular weight excluding hydrogens is 212 g/mol. The van der Waals surface area contributed by atoms with Crippen molar-refractivity contribution in [1.82, 2.24) is 9.78 Å². The van der Waals surface area contributed by atoms with Crippen LogP contribution in [0.4, 0.5) is 0 Å². The third-order valence-corrected chi connectivity index (χ3v) is 3.33. The maximum absolute atomic E-state index is 11.5. The summed E-state index contributed by atoms with van der Waals surface area (Å²) in [4.78, 5) is 11.5. The predicted molar refractivity (Wildman–Crippen MR) is 67.8 cm³/mol. The van der Waals surface area contributed by atoms with Gasteiger partial charge < -0.3 is 0 Å². The molecule has 0 amide bonds. The first-order chi connectivity index (χ1) is 8.19. The van der Waals surface area contributed by atoms with E-state index in [2.05, 4.69) is 18.1 Å². The average Bonchev–Trinajstić information content (AvgIpc) is 2.52. The minimum atomic E-state index is 0.287. The minimum absolute atomic E-state index is 0.287. The molecule has 1 heterocycles. The van der Waals surface area contributed by atoms with Crippen molar-refractivity contribution in [3.63, 3.8) is 0 Å². The van der Waals surface area contributed by atoms with Gasteiger partial charge in [0, 0.05) is 25.6 Å². The van der Waals surface area contributed by atoms with Crippen molar-refractivity contribution in [3.05, 3.63) is 29.1 Å². The van der Waals surface area contributed by atoms with Gasteiger partial charge in [0.2, 0.25) is 0 Å². The normalized spacial score (nSPS) is 16.8. The maximum atomic E-state index is 11.5.